The zero-order valence-electron chi connectivity index (χ0n) is 11.1. The summed E-state index contributed by atoms with van der Waals surface area (Å²) in [6, 6.07) is 9.89. The summed E-state index contributed by atoms with van der Waals surface area (Å²) in [4.78, 5) is 26.8. The number of fused-ring (bicyclic) bond motifs is 1. The molecule has 0 unspecified atom stereocenters. The van der Waals surface area contributed by atoms with E-state index >= 15 is 0 Å². The van der Waals surface area contributed by atoms with Crippen LogP contribution in [0.15, 0.2) is 40.5 Å². The van der Waals surface area contributed by atoms with Crippen molar-refractivity contribution in [1.29, 1.82) is 5.26 Å². The smallest absolute Gasteiger partial charge is 0.265 e. The number of aromatic hydroxyl groups is 1. The van der Waals surface area contributed by atoms with E-state index in [1.54, 1.807) is 29.6 Å². The van der Waals surface area contributed by atoms with Crippen molar-refractivity contribution in [1.82, 2.24) is 4.98 Å². The van der Waals surface area contributed by atoms with E-state index in [9.17, 15) is 14.7 Å². The Morgan fingerprint density at radius 1 is 1.36 bits per heavy atom. The maximum Gasteiger partial charge on any atom is 0.265 e. The normalized spacial score (nSPS) is 10.3. The molecule has 3 rings (SSSR count). The Bertz CT molecular complexity index is 982. The number of aromatic amines is 1. The molecule has 6 nitrogen and oxygen atoms in total. The summed E-state index contributed by atoms with van der Waals surface area (Å²) >= 11 is 1.22. The predicted molar refractivity (Wildman–Crippen MR) is 83.2 cm³/mol. The molecular weight excluding hydrogens is 302 g/mol. The number of rotatable bonds is 2. The van der Waals surface area contributed by atoms with Crippen molar-refractivity contribution in [3.63, 3.8) is 0 Å². The second kappa shape index (κ2) is 5.35. The van der Waals surface area contributed by atoms with Crippen molar-refractivity contribution in [3.05, 3.63) is 57.2 Å². The summed E-state index contributed by atoms with van der Waals surface area (Å²) in [6.07, 6.45) is 0. The summed E-state index contributed by atoms with van der Waals surface area (Å²) in [6.45, 7) is 0. The van der Waals surface area contributed by atoms with Crippen LogP contribution < -0.4 is 10.9 Å². The zero-order valence-corrected chi connectivity index (χ0v) is 11.9. The predicted octanol–water partition coefficient (Wildman–Crippen LogP) is 2.42. The highest BCUT2D eigenvalue weighted by atomic mass is 32.1. The van der Waals surface area contributed by atoms with Crippen molar-refractivity contribution >= 4 is 33.1 Å². The molecule has 0 bridgehead atoms. The number of nitrogens with zero attached hydrogens (tertiary/aromatic N) is 1. The van der Waals surface area contributed by atoms with Gasteiger partial charge in [0.05, 0.1) is 21.8 Å². The SMILES string of the molecule is N#Cc1cccc(NC(=O)c2c(O)c3sccc3[nH]c2=O)c1. The number of thiophene rings is 1. The standard InChI is InChI=1S/C15H9N3O3S/c16-7-8-2-1-3-9(6-8)17-14(20)11-12(19)13-10(4-5-22-13)18-15(11)21/h1-6H,(H,17,20)(H2,18,19,21). The van der Waals surface area contributed by atoms with Gasteiger partial charge in [0, 0.05) is 5.69 Å². The molecule has 2 aromatic heterocycles. The van der Waals surface area contributed by atoms with Gasteiger partial charge < -0.3 is 15.4 Å². The van der Waals surface area contributed by atoms with Crippen LogP contribution in [0.2, 0.25) is 0 Å². The molecule has 2 heterocycles. The molecule has 1 aromatic carbocycles. The fraction of sp³-hybridized carbons (Fsp3) is 0. The Morgan fingerprint density at radius 3 is 2.95 bits per heavy atom. The molecule has 0 atom stereocenters. The lowest BCUT2D eigenvalue weighted by Gasteiger charge is -2.07. The second-order valence-corrected chi connectivity index (χ2v) is 5.40. The van der Waals surface area contributed by atoms with E-state index in [0.717, 1.165) is 0 Å². The van der Waals surface area contributed by atoms with Crippen LogP contribution in [-0.4, -0.2) is 16.0 Å². The third-order valence-corrected chi connectivity index (χ3v) is 3.99. The summed E-state index contributed by atoms with van der Waals surface area (Å²) < 4.78 is 0.440. The zero-order chi connectivity index (χ0) is 15.7. The highest BCUT2D eigenvalue weighted by molar-refractivity contribution is 7.17. The van der Waals surface area contributed by atoms with Crippen LogP contribution >= 0.6 is 11.3 Å². The van der Waals surface area contributed by atoms with Crippen LogP contribution in [0.5, 0.6) is 5.75 Å². The lowest BCUT2D eigenvalue weighted by Crippen LogP contribution is -2.23. The number of carbonyl (C=O) groups excluding carboxylic acids is 1. The molecule has 1 amide bonds. The minimum absolute atomic E-state index is 0.345. The molecule has 0 saturated carbocycles. The van der Waals surface area contributed by atoms with Crippen LogP contribution in [0.3, 0.4) is 0 Å². The van der Waals surface area contributed by atoms with Gasteiger partial charge in [-0.25, -0.2) is 0 Å². The van der Waals surface area contributed by atoms with Crippen molar-refractivity contribution in [3.8, 4) is 11.8 Å². The molecule has 0 aliphatic carbocycles. The number of aromatic nitrogens is 1. The van der Waals surface area contributed by atoms with E-state index < -0.39 is 11.5 Å². The minimum atomic E-state index is -0.732. The van der Waals surface area contributed by atoms with Gasteiger partial charge in [0.2, 0.25) is 0 Å². The quantitative estimate of drug-likeness (QED) is 0.675. The molecule has 0 radical (unpaired) electrons. The summed E-state index contributed by atoms with van der Waals surface area (Å²) in [5, 5.41) is 23.2. The maximum atomic E-state index is 12.3. The molecule has 108 valence electrons. The first-order valence-electron chi connectivity index (χ1n) is 6.24. The molecule has 0 spiro atoms. The molecule has 7 heteroatoms. The van der Waals surface area contributed by atoms with Gasteiger partial charge in [-0.15, -0.1) is 11.3 Å². The van der Waals surface area contributed by atoms with Gasteiger partial charge in [0.15, 0.2) is 5.75 Å². The van der Waals surface area contributed by atoms with Crippen molar-refractivity contribution in [2.24, 2.45) is 0 Å². The number of benzene rings is 1. The molecule has 22 heavy (non-hydrogen) atoms. The van der Waals surface area contributed by atoms with E-state index in [-0.39, 0.29) is 11.3 Å². The third kappa shape index (κ3) is 2.32. The van der Waals surface area contributed by atoms with Gasteiger partial charge in [-0.3, -0.25) is 9.59 Å². The Hall–Kier alpha value is -3.11. The fourth-order valence-corrected chi connectivity index (χ4v) is 2.87. The minimum Gasteiger partial charge on any atom is -0.505 e. The van der Waals surface area contributed by atoms with Crippen LogP contribution in [0.1, 0.15) is 15.9 Å². The molecule has 0 saturated heterocycles. The van der Waals surface area contributed by atoms with Crippen LogP contribution in [0.4, 0.5) is 5.69 Å². The Morgan fingerprint density at radius 2 is 2.18 bits per heavy atom. The van der Waals surface area contributed by atoms with Gasteiger partial charge in [-0.1, -0.05) is 6.07 Å². The van der Waals surface area contributed by atoms with Gasteiger partial charge in [0.1, 0.15) is 5.56 Å². The van der Waals surface area contributed by atoms with E-state index in [1.807, 2.05) is 6.07 Å². The van der Waals surface area contributed by atoms with Crippen LogP contribution in [0.25, 0.3) is 10.2 Å². The average molecular weight is 311 g/mol. The number of amides is 1. The number of carbonyl (C=O) groups is 1. The summed E-state index contributed by atoms with van der Waals surface area (Å²) in [5.74, 6) is -1.08. The van der Waals surface area contributed by atoms with E-state index in [4.69, 9.17) is 5.26 Å². The number of nitriles is 1. The maximum absolute atomic E-state index is 12.3. The van der Waals surface area contributed by atoms with Crippen molar-refractivity contribution < 1.29 is 9.90 Å². The first kappa shape index (κ1) is 13.9. The first-order chi connectivity index (χ1) is 10.6. The second-order valence-electron chi connectivity index (χ2n) is 4.49. The molecule has 3 aromatic rings. The number of hydrogen-bond acceptors (Lipinski definition) is 5. The Labute approximate surface area is 128 Å². The van der Waals surface area contributed by atoms with Gasteiger partial charge in [-0.05, 0) is 29.6 Å². The first-order valence-corrected chi connectivity index (χ1v) is 7.12. The molecule has 0 aliphatic heterocycles. The fourth-order valence-electron chi connectivity index (χ4n) is 2.07. The number of hydrogen-bond donors (Lipinski definition) is 3. The lowest BCUT2D eigenvalue weighted by atomic mass is 10.2. The molecular formula is C15H9N3O3S. The monoisotopic (exact) mass is 311 g/mol. The molecule has 0 fully saturated rings. The van der Waals surface area contributed by atoms with Gasteiger partial charge >= 0.3 is 0 Å². The highest BCUT2D eigenvalue weighted by Crippen LogP contribution is 2.29. The topological polar surface area (TPSA) is 106 Å². The van der Waals surface area contributed by atoms with E-state index in [0.29, 0.717) is 21.5 Å². The Balaban J connectivity index is 2.02. The van der Waals surface area contributed by atoms with Gasteiger partial charge in [0.25, 0.3) is 11.5 Å². The van der Waals surface area contributed by atoms with Crippen molar-refractivity contribution in [2.45, 2.75) is 0 Å². The average Bonchev–Trinajstić information content (AvgIpc) is 2.96. The third-order valence-electron chi connectivity index (χ3n) is 3.07. The van der Waals surface area contributed by atoms with Crippen LogP contribution in [0, 0.1) is 11.3 Å². The molecule has 3 N–H and O–H groups in total. The summed E-state index contributed by atoms with van der Waals surface area (Å²) in [7, 11) is 0. The number of nitrogens with one attached hydrogen (secondary N) is 2. The number of anilines is 1. The van der Waals surface area contributed by atoms with E-state index in [2.05, 4.69) is 10.3 Å². The lowest BCUT2D eigenvalue weighted by molar-refractivity contribution is 0.102. The Kier molecular flexibility index (Phi) is 3.37. The largest absolute Gasteiger partial charge is 0.505 e. The van der Waals surface area contributed by atoms with Crippen LogP contribution in [-0.2, 0) is 0 Å². The van der Waals surface area contributed by atoms with E-state index in [1.165, 1.54) is 17.4 Å². The number of pyridine rings is 1. The van der Waals surface area contributed by atoms with Crippen molar-refractivity contribution in [2.75, 3.05) is 5.32 Å². The molecule has 0 aliphatic rings. The highest BCUT2D eigenvalue weighted by Gasteiger charge is 2.20. The number of H-pyrrole nitrogens is 1. The van der Waals surface area contributed by atoms with Gasteiger partial charge in [-0.2, -0.15) is 5.26 Å². The summed E-state index contributed by atoms with van der Waals surface area (Å²) in [5.41, 5.74) is 0.212.